The van der Waals surface area contributed by atoms with Gasteiger partial charge in [0.15, 0.2) is 5.13 Å². The highest BCUT2D eigenvalue weighted by atomic mass is 32.1. The van der Waals surface area contributed by atoms with Crippen LogP contribution in [-0.4, -0.2) is 40.8 Å². The van der Waals surface area contributed by atoms with Gasteiger partial charge in [0.1, 0.15) is 0 Å². The molecule has 0 saturated carbocycles. The number of carbonyl (C=O) groups excluding carboxylic acids is 2. The third-order valence-corrected chi connectivity index (χ3v) is 9.23. The quantitative estimate of drug-likeness (QED) is 0.0863. The summed E-state index contributed by atoms with van der Waals surface area (Å²) in [5.74, 6) is -1.35. The molecule has 1 heterocycles. The average Bonchev–Trinajstić information content (AvgIpc) is 3.50. The molecule has 4 aromatic rings. The maximum Gasteiger partial charge on any atom is 0.328 e. The standard InChI is InChI=1S/C37H37N5O4S/c1-3-37(4-2,24-38)29-16-19-32-31(22-29)40-35(47-32)41-36(46)42(30-17-14-27(15-18-30)26-8-6-5-7-9-26)23-25-10-12-28(13-11-25)34(45)39-21-20-33(43)44/h3-4,8,10-19,22,24,38H,1-2,5-7,9,20-21,23H2,(H,39,45)(H,43,44)(H,40,41,46). The Hall–Kier alpha value is -5.35. The second-order valence-electron chi connectivity index (χ2n) is 11.3. The van der Waals surface area contributed by atoms with Crippen LogP contribution in [0, 0.1) is 5.41 Å². The Balaban J connectivity index is 1.39. The zero-order chi connectivity index (χ0) is 33.4. The topological polar surface area (TPSA) is 135 Å². The lowest BCUT2D eigenvalue weighted by Gasteiger charge is -2.23. The molecule has 9 nitrogen and oxygen atoms in total. The maximum absolute atomic E-state index is 13.9. The molecule has 240 valence electrons. The molecule has 0 radical (unpaired) electrons. The van der Waals surface area contributed by atoms with E-state index in [1.54, 1.807) is 41.3 Å². The molecular formula is C37H37N5O4S. The van der Waals surface area contributed by atoms with Gasteiger partial charge in [0.2, 0.25) is 0 Å². The zero-order valence-electron chi connectivity index (χ0n) is 26.0. The summed E-state index contributed by atoms with van der Waals surface area (Å²) in [6.07, 6.45) is 11.2. The normalized spacial score (nSPS) is 12.9. The number of urea groups is 1. The zero-order valence-corrected chi connectivity index (χ0v) is 26.8. The highest BCUT2D eigenvalue weighted by Gasteiger charge is 2.24. The van der Waals surface area contributed by atoms with E-state index in [0.717, 1.165) is 34.2 Å². The van der Waals surface area contributed by atoms with Crippen LogP contribution >= 0.6 is 11.3 Å². The molecule has 47 heavy (non-hydrogen) atoms. The number of fused-ring (bicyclic) bond motifs is 1. The summed E-state index contributed by atoms with van der Waals surface area (Å²) in [6.45, 7) is 8.02. The number of carbonyl (C=O) groups is 3. The fourth-order valence-electron chi connectivity index (χ4n) is 5.49. The number of nitrogens with one attached hydrogen (secondary N) is 3. The van der Waals surface area contributed by atoms with Gasteiger partial charge in [-0.1, -0.05) is 59.9 Å². The molecule has 0 aliphatic heterocycles. The van der Waals surface area contributed by atoms with Crippen molar-refractivity contribution in [3.8, 4) is 0 Å². The van der Waals surface area contributed by atoms with Crippen LogP contribution < -0.4 is 15.5 Å². The van der Waals surface area contributed by atoms with Crippen LogP contribution in [0.25, 0.3) is 15.8 Å². The molecule has 0 unspecified atom stereocenters. The number of hydrogen-bond donors (Lipinski definition) is 4. The van der Waals surface area contributed by atoms with Gasteiger partial charge < -0.3 is 15.8 Å². The molecule has 3 aromatic carbocycles. The van der Waals surface area contributed by atoms with Gasteiger partial charge in [-0.3, -0.25) is 19.8 Å². The van der Waals surface area contributed by atoms with E-state index in [2.05, 4.69) is 34.9 Å². The van der Waals surface area contributed by atoms with Crippen LogP contribution in [0.2, 0.25) is 0 Å². The monoisotopic (exact) mass is 647 g/mol. The molecule has 0 saturated heterocycles. The SMILES string of the molecule is C=CC(C=C)(C=N)c1ccc2sc(NC(=O)N(Cc3ccc(C(=O)NCCC(=O)O)cc3)c3ccc(C4=CCCCC4)cc3)nc2c1. The first-order chi connectivity index (χ1) is 22.7. The Bertz CT molecular complexity index is 1820. The van der Waals surface area contributed by atoms with Crippen LogP contribution in [0.15, 0.2) is 98.1 Å². The Morgan fingerprint density at radius 3 is 2.40 bits per heavy atom. The van der Waals surface area contributed by atoms with Crippen LogP contribution in [0.3, 0.4) is 0 Å². The summed E-state index contributed by atoms with van der Waals surface area (Å²) in [4.78, 5) is 43.4. The summed E-state index contributed by atoms with van der Waals surface area (Å²) in [6, 6.07) is 20.2. The van der Waals surface area contributed by atoms with E-state index in [1.807, 2.05) is 42.5 Å². The Morgan fingerprint density at radius 2 is 1.77 bits per heavy atom. The lowest BCUT2D eigenvalue weighted by molar-refractivity contribution is -0.136. The Kier molecular flexibility index (Phi) is 10.4. The number of allylic oxidation sites excluding steroid dienone is 4. The first-order valence-electron chi connectivity index (χ1n) is 15.4. The molecular weight excluding hydrogens is 611 g/mol. The molecule has 0 fully saturated rings. The smallest absolute Gasteiger partial charge is 0.328 e. The third-order valence-electron chi connectivity index (χ3n) is 8.28. The van der Waals surface area contributed by atoms with Crippen molar-refractivity contribution in [3.63, 3.8) is 0 Å². The van der Waals surface area contributed by atoms with Crippen molar-refractivity contribution >= 4 is 62.1 Å². The van der Waals surface area contributed by atoms with Crippen molar-refractivity contribution in [2.24, 2.45) is 0 Å². The fraction of sp³-hybridized carbons (Fsp3) is 0.216. The van der Waals surface area contributed by atoms with Crippen molar-refractivity contribution in [2.75, 3.05) is 16.8 Å². The first kappa shape index (κ1) is 33.0. The number of anilines is 2. The van der Waals surface area contributed by atoms with E-state index in [4.69, 9.17) is 10.5 Å². The minimum absolute atomic E-state index is 0.0376. The van der Waals surface area contributed by atoms with Gasteiger partial charge in [0, 0.05) is 24.0 Å². The van der Waals surface area contributed by atoms with E-state index in [1.165, 1.54) is 36.0 Å². The summed E-state index contributed by atoms with van der Waals surface area (Å²) >= 11 is 1.35. The molecule has 5 rings (SSSR count). The minimum Gasteiger partial charge on any atom is -0.481 e. The van der Waals surface area contributed by atoms with Crippen LogP contribution in [0.1, 0.15) is 59.2 Å². The maximum atomic E-state index is 13.9. The van der Waals surface area contributed by atoms with Crippen LogP contribution in [0.4, 0.5) is 15.6 Å². The second-order valence-corrected chi connectivity index (χ2v) is 12.4. The van der Waals surface area contributed by atoms with Gasteiger partial charge in [-0.2, -0.15) is 0 Å². The summed E-state index contributed by atoms with van der Waals surface area (Å²) in [5.41, 5.74) is 5.05. The van der Waals surface area contributed by atoms with Gasteiger partial charge in [-0.15, -0.1) is 13.2 Å². The Morgan fingerprint density at radius 1 is 1.02 bits per heavy atom. The van der Waals surface area contributed by atoms with Crippen LogP contribution in [0.5, 0.6) is 0 Å². The third kappa shape index (κ3) is 7.73. The number of aliphatic carboxylic acids is 1. The predicted octanol–water partition coefficient (Wildman–Crippen LogP) is 7.96. The lowest BCUT2D eigenvalue weighted by Crippen LogP contribution is -2.34. The number of amides is 3. The summed E-state index contributed by atoms with van der Waals surface area (Å²) in [5, 5.41) is 22.8. The number of benzene rings is 3. The second kappa shape index (κ2) is 14.8. The first-order valence-corrected chi connectivity index (χ1v) is 16.2. The fourth-order valence-corrected chi connectivity index (χ4v) is 6.33. The van der Waals surface area contributed by atoms with Gasteiger partial charge in [-0.05, 0) is 84.3 Å². The summed E-state index contributed by atoms with van der Waals surface area (Å²) < 4.78 is 0.880. The molecule has 1 aromatic heterocycles. The molecule has 0 bridgehead atoms. The van der Waals surface area contributed by atoms with Gasteiger partial charge in [0.05, 0.1) is 28.6 Å². The molecule has 4 N–H and O–H groups in total. The average molecular weight is 648 g/mol. The van der Waals surface area contributed by atoms with E-state index in [9.17, 15) is 14.4 Å². The number of hydrogen-bond acceptors (Lipinski definition) is 6. The largest absolute Gasteiger partial charge is 0.481 e. The van der Waals surface area contributed by atoms with Crippen molar-refractivity contribution in [3.05, 3.63) is 120 Å². The van der Waals surface area contributed by atoms with Crippen molar-refractivity contribution < 1.29 is 19.5 Å². The van der Waals surface area contributed by atoms with E-state index >= 15 is 0 Å². The number of aromatic nitrogens is 1. The van der Waals surface area contributed by atoms with Gasteiger partial charge in [0.25, 0.3) is 5.91 Å². The van der Waals surface area contributed by atoms with Crippen molar-refractivity contribution in [2.45, 2.75) is 44.1 Å². The number of carboxylic acids is 1. The molecule has 1 aliphatic carbocycles. The van der Waals surface area contributed by atoms with Crippen molar-refractivity contribution in [1.82, 2.24) is 10.3 Å². The number of nitrogens with zero attached hydrogens (tertiary/aromatic N) is 2. The number of thiazole rings is 1. The predicted molar refractivity (Wildman–Crippen MR) is 190 cm³/mol. The van der Waals surface area contributed by atoms with Gasteiger partial charge in [-0.25, -0.2) is 9.78 Å². The highest BCUT2D eigenvalue weighted by molar-refractivity contribution is 7.22. The number of carboxylic acid groups (broad SMARTS) is 1. The summed E-state index contributed by atoms with van der Waals surface area (Å²) in [7, 11) is 0. The van der Waals surface area contributed by atoms with E-state index < -0.39 is 11.4 Å². The van der Waals surface area contributed by atoms with Crippen molar-refractivity contribution in [1.29, 1.82) is 5.41 Å². The molecule has 3 amide bonds. The molecule has 0 spiro atoms. The number of rotatable bonds is 13. The molecule has 0 atom stereocenters. The Labute approximate surface area is 277 Å². The molecule has 10 heteroatoms. The lowest BCUT2D eigenvalue weighted by atomic mass is 9.82. The van der Waals surface area contributed by atoms with Gasteiger partial charge >= 0.3 is 12.0 Å². The van der Waals surface area contributed by atoms with E-state index in [0.29, 0.717) is 21.9 Å². The van der Waals surface area contributed by atoms with Crippen LogP contribution in [-0.2, 0) is 16.8 Å². The van der Waals surface area contributed by atoms with E-state index in [-0.39, 0.29) is 31.4 Å². The minimum atomic E-state index is -0.983. The highest BCUT2D eigenvalue weighted by Crippen LogP contribution is 2.33. The molecule has 1 aliphatic rings.